The van der Waals surface area contributed by atoms with E-state index in [1.165, 1.54) is 0 Å². The second kappa shape index (κ2) is 6.71. The second-order valence-electron chi connectivity index (χ2n) is 4.79. The van der Waals surface area contributed by atoms with Gasteiger partial charge in [-0.15, -0.1) is 0 Å². The van der Waals surface area contributed by atoms with Crippen molar-refractivity contribution in [3.63, 3.8) is 0 Å². The van der Waals surface area contributed by atoms with Crippen LogP contribution in [0, 0.1) is 13.8 Å². The van der Waals surface area contributed by atoms with Crippen molar-refractivity contribution < 1.29 is 13.6 Å². The van der Waals surface area contributed by atoms with Crippen molar-refractivity contribution in [2.24, 2.45) is 10.9 Å². The first-order valence-corrected chi connectivity index (χ1v) is 7.84. The number of nitrogens with one attached hydrogen (secondary N) is 1. The Balaban J connectivity index is 2.98. The number of sulfonamides is 1. The minimum absolute atomic E-state index is 0.000165. The summed E-state index contributed by atoms with van der Waals surface area (Å²) < 4.78 is 27.3. The fourth-order valence-corrected chi connectivity index (χ4v) is 3.49. The molecule has 0 saturated heterocycles. The Bertz CT molecular complexity index is 597. The number of hydrogen-bond donors (Lipinski definition) is 3. The van der Waals surface area contributed by atoms with Gasteiger partial charge in [0, 0.05) is 12.5 Å². The van der Waals surface area contributed by atoms with E-state index < -0.39 is 16.1 Å². The monoisotopic (exact) mass is 299 g/mol. The summed E-state index contributed by atoms with van der Waals surface area (Å²) in [5.74, 6) is 0.000165. The van der Waals surface area contributed by atoms with Gasteiger partial charge in [0.05, 0.1) is 4.90 Å². The molecule has 0 aromatic heterocycles. The fraction of sp³-hybridized carbons (Fsp3) is 0.462. The molecule has 0 amide bonds. The molecule has 20 heavy (non-hydrogen) atoms. The molecule has 0 radical (unpaired) electrons. The van der Waals surface area contributed by atoms with Crippen molar-refractivity contribution in [2.45, 2.75) is 44.6 Å². The highest BCUT2D eigenvalue weighted by Crippen LogP contribution is 2.17. The lowest BCUT2D eigenvalue weighted by molar-refractivity contribution is 0.316. The number of oxime groups is 1. The van der Waals surface area contributed by atoms with Crippen LogP contribution in [0.5, 0.6) is 0 Å². The Morgan fingerprint density at radius 2 is 2.10 bits per heavy atom. The van der Waals surface area contributed by atoms with Gasteiger partial charge in [-0.1, -0.05) is 29.8 Å². The van der Waals surface area contributed by atoms with Crippen molar-refractivity contribution in [1.82, 2.24) is 4.72 Å². The van der Waals surface area contributed by atoms with Crippen LogP contribution in [0.15, 0.2) is 28.3 Å². The van der Waals surface area contributed by atoms with E-state index in [2.05, 4.69) is 9.88 Å². The van der Waals surface area contributed by atoms with E-state index in [0.717, 1.165) is 5.56 Å². The van der Waals surface area contributed by atoms with Crippen molar-refractivity contribution >= 4 is 15.9 Å². The molecule has 0 fully saturated rings. The molecule has 0 spiro atoms. The zero-order valence-corrected chi connectivity index (χ0v) is 12.7. The first-order chi connectivity index (χ1) is 9.30. The van der Waals surface area contributed by atoms with Crippen LogP contribution in [-0.4, -0.2) is 25.5 Å². The average molecular weight is 299 g/mol. The topological polar surface area (TPSA) is 105 Å². The number of amidine groups is 1. The smallest absolute Gasteiger partial charge is 0.241 e. The third kappa shape index (κ3) is 4.21. The average Bonchev–Trinajstić information content (AvgIpc) is 2.36. The molecule has 0 heterocycles. The van der Waals surface area contributed by atoms with E-state index in [1.807, 2.05) is 19.9 Å². The van der Waals surface area contributed by atoms with Crippen LogP contribution in [0.2, 0.25) is 0 Å². The third-order valence-electron chi connectivity index (χ3n) is 3.02. The van der Waals surface area contributed by atoms with Crippen LogP contribution in [0.4, 0.5) is 0 Å². The van der Waals surface area contributed by atoms with E-state index in [4.69, 9.17) is 10.9 Å². The van der Waals surface area contributed by atoms with Gasteiger partial charge in [-0.3, -0.25) is 0 Å². The quantitative estimate of drug-likeness (QED) is 0.320. The normalized spacial score (nSPS) is 14.2. The van der Waals surface area contributed by atoms with E-state index in [9.17, 15) is 8.42 Å². The van der Waals surface area contributed by atoms with Gasteiger partial charge < -0.3 is 10.9 Å². The minimum Gasteiger partial charge on any atom is -0.409 e. The molecule has 1 aromatic carbocycles. The maximum atomic E-state index is 12.3. The molecule has 1 rings (SSSR count). The van der Waals surface area contributed by atoms with Crippen LogP contribution in [0.25, 0.3) is 0 Å². The summed E-state index contributed by atoms with van der Waals surface area (Å²) in [6, 6.07) is 4.76. The molecule has 112 valence electrons. The van der Waals surface area contributed by atoms with E-state index in [0.29, 0.717) is 12.0 Å². The number of hydrogen-bond acceptors (Lipinski definition) is 4. The third-order valence-corrected chi connectivity index (χ3v) is 4.70. The highest BCUT2D eigenvalue weighted by molar-refractivity contribution is 7.89. The Hall–Kier alpha value is -1.60. The van der Waals surface area contributed by atoms with Crippen LogP contribution >= 0.6 is 0 Å². The van der Waals surface area contributed by atoms with E-state index >= 15 is 0 Å². The molecule has 0 aliphatic carbocycles. The van der Waals surface area contributed by atoms with E-state index in [-0.39, 0.29) is 17.2 Å². The summed E-state index contributed by atoms with van der Waals surface area (Å²) in [5.41, 5.74) is 7.12. The standard InChI is InChI=1S/C13H21N3O3S/c1-4-11(8-13(14)15-17)16-20(18,19)12-6-5-9(2)7-10(12)3/h5-7,11,16-17H,4,8H2,1-3H3,(H2,14,15). The molecule has 0 saturated carbocycles. The maximum absolute atomic E-state index is 12.3. The van der Waals surface area contributed by atoms with Gasteiger partial charge in [-0.25, -0.2) is 13.1 Å². The summed E-state index contributed by atoms with van der Waals surface area (Å²) in [4.78, 5) is 0.251. The molecule has 1 unspecified atom stereocenters. The van der Waals surface area contributed by atoms with Gasteiger partial charge in [0.25, 0.3) is 0 Å². The molecular weight excluding hydrogens is 278 g/mol. The molecule has 1 aromatic rings. The molecule has 1 atom stereocenters. The van der Waals surface area contributed by atoms with Crippen LogP contribution < -0.4 is 10.5 Å². The molecule has 4 N–H and O–H groups in total. The molecule has 6 nitrogen and oxygen atoms in total. The number of benzene rings is 1. The lowest BCUT2D eigenvalue weighted by atomic mass is 10.1. The van der Waals surface area contributed by atoms with E-state index in [1.54, 1.807) is 19.1 Å². The predicted molar refractivity (Wildman–Crippen MR) is 78.3 cm³/mol. The lowest BCUT2D eigenvalue weighted by Gasteiger charge is -2.17. The van der Waals surface area contributed by atoms with Crippen molar-refractivity contribution in [3.05, 3.63) is 29.3 Å². The molecule has 0 aliphatic heterocycles. The van der Waals surface area contributed by atoms with Gasteiger partial charge in [0.1, 0.15) is 5.84 Å². The predicted octanol–water partition coefficient (Wildman–Crippen LogP) is 1.50. The number of rotatable bonds is 6. The van der Waals surface area contributed by atoms with Gasteiger partial charge >= 0.3 is 0 Å². The maximum Gasteiger partial charge on any atom is 0.241 e. The SMILES string of the molecule is CCC(CC(N)=NO)NS(=O)(=O)c1ccc(C)cc1C. The van der Waals surface area contributed by atoms with Crippen LogP contribution in [0.3, 0.4) is 0 Å². The molecule has 7 heteroatoms. The molecule has 0 bridgehead atoms. The highest BCUT2D eigenvalue weighted by atomic mass is 32.2. The van der Waals surface area contributed by atoms with Gasteiger partial charge in [-0.2, -0.15) is 0 Å². The summed E-state index contributed by atoms with van der Waals surface area (Å²) in [6.45, 7) is 5.50. The number of nitrogens with zero attached hydrogens (tertiary/aromatic N) is 1. The largest absolute Gasteiger partial charge is 0.409 e. The summed E-state index contributed by atoms with van der Waals surface area (Å²) in [7, 11) is -3.62. The number of aryl methyl sites for hydroxylation is 2. The van der Waals surface area contributed by atoms with Crippen LogP contribution in [-0.2, 0) is 10.0 Å². The first kappa shape index (κ1) is 16.5. The summed E-state index contributed by atoms with van der Waals surface area (Å²) >= 11 is 0. The first-order valence-electron chi connectivity index (χ1n) is 6.36. The zero-order chi connectivity index (χ0) is 15.3. The minimum atomic E-state index is -3.62. The molecular formula is C13H21N3O3S. The Labute approximate surface area is 119 Å². The zero-order valence-electron chi connectivity index (χ0n) is 11.9. The van der Waals surface area contributed by atoms with Crippen molar-refractivity contribution in [1.29, 1.82) is 0 Å². The number of nitrogens with two attached hydrogens (primary N) is 1. The van der Waals surface area contributed by atoms with Crippen molar-refractivity contribution in [2.75, 3.05) is 0 Å². The van der Waals surface area contributed by atoms with Crippen LogP contribution in [0.1, 0.15) is 30.9 Å². The van der Waals surface area contributed by atoms with Gasteiger partial charge in [-0.05, 0) is 31.9 Å². The second-order valence-corrected chi connectivity index (χ2v) is 6.47. The Morgan fingerprint density at radius 1 is 1.45 bits per heavy atom. The van der Waals surface area contributed by atoms with Gasteiger partial charge in [0.15, 0.2) is 0 Å². The lowest BCUT2D eigenvalue weighted by Crippen LogP contribution is -2.37. The highest BCUT2D eigenvalue weighted by Gasteiger charge is 2.21. The fourth-order valence-electron chi connectivity index (χ4n) is 1.95. The Kier molecular flexibility index (Phi) is 5.52. The summed E-state index contributed by atoms with van der Waals surface area (Å²) in [5, 5.41) is 11.4. The van der Waals surface area contributed by atoms with Gasteiger partial charge in [0.2, 0.25) is 10.0 Å². The summed E-state index contributed by atoms with van der Waals surface area (Å²) in [6.07, 6.45) is 0.706. The molecule has 0 aliphatic rings. The Morgan fingerprint density at radius 3 is 2.60 bits per heavy atom. The van der Waals surface area contributed by atoms with Crippen molar-refractivity contribution in [3.8, 4) is 0 Å².